The van der Waals surface area contributed by atoms with Gasteiger partial charge in [0.25, 0.3) is 5.91 Å². The van der Waals surface area contributed by atoms with E-state index in [9.17, 15) is 9.18 Å². The number of hydrogen-bond donors (Lipinski definition) is 0. The fourth-order valence-electron chi connectivity index (χ4n) is 2.75. The molecule has 0 saturated carbocycles. The van der Waals surface area contributed by atoms with Gasteiger partial charge in [0.15, 0.2) is 0 Å². The summed E-state index contributed by atoms with van der Waals surface area (Å²) in [5, 5.41) is 0. The summed E-state index contributed by atoms with van der Waals surface area (Å²) in [7, 11) is 0. The number of benzene rings is 1. The summed E-state index contributed by atoms with van der Waals surface area (Å²) in [4.78, 5) is 24.9. The molecule has 23 heavy (non-hydrogen) atoms. The van der Waals surface area contributed by atoms with Gasteiger partial charge in [0.05, 0.1) is 5.56 Å². The van der Waals surface area contributed by atoms with Crippen molar-refractivity contribution < 1.29 is 9.18 Å². The first-order valence-corrected chi connectivity index (χ1v) is 7.72. The molecule has 120 valence electrons. The second-order valence-corrected chi connectivity index (χ2v) is 5.66. The van der Waals surface area contributed by atoms with Crippen LogP contribution in [0.2, 0.25) is 0 Å². The van der Waals surface area contributed by atoms with Crippen molar-refractivity contribution in [2.45, 2.75) is 13.3 Å². The zero-order chi connectivity index (χ0) is 16.2. The molecule has 2 heterocycles. The van der Waals surface area contributed by atoms with Crippen molar-refractivity contribution in [3.05, 3.63) is 53.6 Å². The van der Waals surface area contributed by atoms with Gasteiger partial charge < -0.3 is 9.80 Å². The Morgan fingerprint density at radius 2 is 1.91 bits per heavy atom. The molecule has 0 atom stereocenters. The average Bonchev–Trinajstić information content (AvgIpc) is 2.83. The lowest BCUT2D eigenvalue weighted by Gasteiger charge is -2.22. The predicted molar refractivity (Wildman–Crippen MR) is 85.9 cm³/mol. The highest BCUT2D eigenvalue weighted by Crippen LogP contribution is 2.16. The third kappa shape index (κ3) is 3.47. The van der Waals surface area contributed by atoms with E-state index in [4.69, 9.17) is 0 Å². The summed E-state index contributed by atoms with van der Waals surface area (Å²) in [6.45, 7) is 4.42. The topological polar surface area (TPSA) is 49.3 Å². The molecule has 2 aromatic rings. The number of aromatic nitrogens is 2. The van der Waals surface area contributed by atoms with Gasteiger partial charge in [-0.15, -0.1) is 0 Å². The Morgan fingerprint density at radius 1 is 1.13 bits per heavy atom. The van der Waals surface area contributed by atoms with E-state index in [1.165, 1.54) is 6.07 Å². The van der Waals surface area contributed by atoms with Crippen LogP contribution in [0.3, 0.4) is 0 Å². The molecule has 3 rings (SSSR count). The van der Waals surface area contributed by atoms with Gasteiger partial charge in [-0.1, -0.05) is 11.6 Å². The lowest BCUT2D eigenvalue weighted by atomic mass is 10.1. The molecule has 1 aliphatic heterocycles. The maximum Gasteiger partial charge on any atom is 0.256 e. The van der Waals surface area contributed by atoms with Crippen molar-refractivity contribution in [1.82, 2.24) is 14.9 Å². The molecule has 1 aromatic heterocycles. The standard InChI is InChI=1S/C17H19FN4O/c1-13-4-5-15(18)14(12-13)16(23)21-8-3-9-22(11-10-21)17-19-6-2-7-20-17/h2,4-7,12H,3,8-11H2,1H3. The summed E-state index contributed by atoms with van der Waals surface area (Å²) in [6.07, 6.45) is 4.22. The molecular formula is C17H19FN4O. The van der Waals surface area contributed by atoms with Crippen molar-refractivity contribution in [2.75, 3.05) is 31.1 Å². The Bertz CT molecular complexity index is 692. The zero-order valence-electron chi connectivity index (χ0n) is 13.1. The van der Waals surface area contributed by atoms with E-state index >= 15 is 0 Å². The van der Waals surface area contributed by atoms with Gasteiger partial charge in [0.2, 0.25) is 5.95 Å². The van der Waals surface area contributed by atoms with Gasteiger partial charge in [-0.3, -0.25) is 4.79 Å². The molecule has 6 heteroatoms. The number of hydrogen-bond acceptors (Lipinski definition) is 4. The highest BCUT2D eigenvalue weighted by molar-refractivity contribution is 5.94. The van der Waals surface area contributed by atoms with Crippen LogP contribution in [-0.4, -0.2) is 47.0 Å². The molecule has 0 bridgehead atoms. The average molecular weight is 314 g/mol. The molecule has 0 radical (unpaired) electrons. The van der Waals surface area contributed by atoms with E-state index in [-0.39, 0.29) is 11.5 Å². The quantitative estimate of drug-likeness (QED) is 0.853. The van der Waals surface area contributed by atoms with E-state index in [0.29, 0.717) is 25.6 Å². The van der Waals surface area contributed by atoms with Crippen LogP contribution in [0.1, 0.15) is 22.3 Å². The lowest BCUT2D eigenvalue weighted by Crippen LogP contribution is -2.36. The molecule has 0 aliphatic carbocycles. The molecule has 1 saturated heterocycles. The molecule has 1 fully saturated rings. The number of carbonyl (C=O) groups is 1. The first-order chi connectivity index (χ1) is 11.1. The fraction of sp³-hybridized carbons (Fsp3) is 0.353. The van der Waals surface area contributed by atoms with Gasteiger partial charge in [-0.05, 0) is 31.5 Å². The van der Waals surface area contributed by atoms with E-state index in [1.54, 1.807) is 35.5 Å². The number of nitrogens with zero attached hydrogens (tertiary/aromatic N) is 4. The van der Waals surface area contributed by atoms with E-state index in [2.05, 4.69) is 14.9 Å². The van der Waals surface area contributed by atoms with Crippen molar-refractivity contribution >= 4 is 11.9 Å². The lowest BCUT2D eigenvalue weighted by molar-refractivity contribution is 0.0762. The molecular weight excluding hydrogens is 295 g/mol. The van der Waals surface area contributed by atoms with Crippen molar-refractivity contribution in [1.29, 1.82) is 0 Å². The SMILES string of the molecule is Cc1ccc(F)c(C(=O)N2CCCN(c3ncccn3)CC2)c1. The van der Waals surface area contributed by atoms with Crippen LogP contribution in [-0.2, 0) is 0 Å². The Kier molecular flexibility index (Phi) is 4.50. The molecule has 5 nitrogen and oxygen atoms in total. The summed E-state index contributed by atoms with van der Waals surface area (Å²) >= 11 is 0. The van der Waals surface area contributed by atoms with Crippen LogP contribution in [0.5, 0.6) is 0 Å². The highest BCUT2D eigenvalue weighted by Gasteiger charge is 2.23. The number of amides is 1. The number of anilines is 1. The zero-order valence-corrected chi connectivity index (χ0v) is 13.1. The molecule has 0 spiro atoms. The Morgan fingerprint density at radius 3 is 2.70 bits per heavy atom. The predicted octanol–water partition coefficient (Wildman–Crippen LogP) is 2.28. The van der Waals surface area contributed by atoms with Crippen molar-refractivity contribution in [3.63, 3.8) is 0 Å². The number of carbonyl (C=O) groups excluding carboxylic acids is 1. The molecule has 1 amide bonds. The van der Waals surface area contributed by atoms with E-state index < -0.39 is 5.82 Å². The summed E-state index contributed by atoms with van der Waals surface area (Å²) in [6, 6.07) is 6.41. The summed E-state index contributed by atoms with van der Waals surface area (Å²) in [5.41, 5.74) is 1.03. The second kappa shape index (κ2) is 6.73. The van der Waals surface area contributed by atoms with Gasteiger partial charge in [0.1, 0.15) is 5.82 Å². The minimum atomic E-state index is -0.465. The summed E-state index contributed by atoms with van der Waals surface area (Å²) in [5.74, 6) is -0.0429. The monoisotopic (exact) mass is 314 g/mol. The van der Waals surface area contributed by atoms with Gasteiger partial charge >= 0.3 is 0 Å². The van der Waals surface area contributed by atoms with Crippen LogP contribution < -0.4 is 4.90 Å². The van der Waals surface area contributed by atoms with Gasteiger partial charge in [-0.25, -0.2) is 14.4 Å². The second-order valence-electron chi connectivity index (χ2n) is 5.66. The normalized spacial score (nSPS) is 15.4. The molecule has 0 unspecified atom stereocenters. The van der Waals surface area contributed by atoms with Crippen LogP contribution in [0.15, 0.2) is 36.7 Å². The van der Waals surface area contributed by atoms with E-state index in [0.717, 1.165) is 18.5 Å². The summed E-state index contributed by atoms with van der Waals surface area (Å²) < 4.78 is 13.9. The van der Waals surface area contributed by atoms with Crippen LogP contribution in [0.4, 0.5) is 10.3 Å². The molecule has 1 aromatic carbocycles. The van der Waals surface area contributed by atoms with Gasteiger partial charge in [0, 0.05) is 38.6 Å². The first-order valence-electron chi connectivity index (χ1n) is 7.72. The number of rotatable bonds is 2. The van der Waals surface area contributed by atoms with Crippen molar-refractivity contribution in [3.8, 4) is 0 Å². The van der Waals surface area contributed by atoms with Crippen LogP contribution >= 0.6 is 0 Å². The first kappa shape index (κ1) is 15.4. The Balaban J connectivity index is 1.73. The smallest absolute Gasteiger partial charge is 0.256 e. The minimum Gasteiger partial charge on any atom is -0.339 e. The van der Waals surface area contributed by atoms with Crippen molar-refractivity contribution in [2.24, 2.45) is 0 Å². The maximum atomic E-state index is 13.9. The van der Waals surface area contributed by atoms with Gasteiger partial charge in [-0.2, -0.15) is 0 Å². The van der Waals surface area contributed by atoms with E-state index in [1.807, 2.05) is 6.92 Å². The fourth-order valence-corrected chi connectivity index (χ4v) is 2.75. The van der Waals surface area contributed by atoms with Crippen LogP contribution in [0.25, 0.3) is 0 Å². The van der Waals surface area contributed by atoms with Crippen LogP contribution in [0, 0.1) is 12.7 Å². The minimum absolute atomic E-state index is 0.148. The Labute approximate surface area is 134 Å². The Hall–Kier alpha value is -2.50. The molecule has 1 aliphatic rings. The number of halogens is 1. The highest BCUT2D eigenvalue weighted by atomic mass is 19.1. The maximum absolute atomic E-state index is 13.9. The largest absolute Gasteiger partial charge is 0.339 e. The number of aryl methyl sites for hydroxylation is 1. The molecule has 0 N–H and O–H groups in total. The third-order valence-electron chi connectivity index (χ3n) is 3.97. The third-order valence-corrected chi connectivity index (χ3v) is 3.97.